The van der Waals surface area contributed by atoms with Gasteiger partial charge in [-0.05, 0) is 36.4 Å². The third kappa shape index (κ3) is 2.76. The van der Waals surface area contributed by atoms with Crippen molar-refractivity contribution in [3.05, 3.63) is 99.0 Å². The smallest absolute Gasteiger partial charge is 0.255 e. The van der Waals surface area contributed by atoms with Crippen LogP contribution in [-0.2, 0) is 0 Å². The number of benzene rings is 3. The van der Waals surface area contributed by atoms with Gasteiger partial charge in [-0.3, -0.25) is 14.4 Å². The summed E-state index contributed by atoms with van der Waals surface area (Å²) in [6, 6.07) is 18.5. The number of carbonyl (C=O) groups is 3. The van der Waals surface area contributed by atoms with Gasteiger partial charge >= 0.3 is 0 Å². The van der Waals surface area contributed by atoms with Gasteiger partial charge in [-0.2, -0.15) is 0 Å². The van der Waals surface area contributed by atoms with Crippen LogP contribution in [0.2, 0.25) is 0 Å². The molecule has 1 amide bonds. The fraction of sp³-hybridized carbons (Fsp3) is 0. The third-order valence-electron chi connectivity index (χ3n) is 4.27. The Kier molecular flexibility index (Phi) is 4.01. The molecule has 1 N–H and O–H groups in total. The maximum atomic E-state index is 12.7. The Hall–Kier alpha value is -3.05. The fourth-order valence-electron chi connectivity index (χ4n) is 3.01. The maximum Gasteiger partial charge on any atom is 0.255 e. The normalized spacial score (nSPS) is 12.3. The molecule has 1 aliphatic carbocycles. The Morgan fingerprint density at radius 1 is 0.731 bits per heavy atom. The quantitative estimate of drug-likeness (QED) is 0.534. The van der Waals surface area contributed by atoms with Crippen molar-refractivity contribution in [1.29, 1.82) is 0 Å². The van der Waals surface area contributed by atoms with Gasteiger partial charge in [0, 0.05) is 38.0 Å². The van der Waals surface area contributed by atoms with Crippen LogP contribution in [0.1, 0.15) is 42.2 Å². The van der Waals surface area contributed by atoms with Crippen LogP contribution in [-0.4, -0.2) is 17.5 Å². The van der Waals surface area contributed by atoms with E-state index in [-0.39, 0.29) is 17.5 Å². The second kappa shape index (κ2) is 6.35. The lowest BCUT2D eigenvalue weighted by molar-refractivity contribution is 0.0979. The van der Waals surface area contributed by atoms with Crippen LogP contribution in [0.3, 0.4) is 0 Å². The Morgan fingerprint density at radius 2 is 1.38 bits per heavy atom. The average molecular weight is 406 g/mol. The Labute approximate surface area is 158 Å². The molecule has 5 heteroatoms. The summed E-state index contributed by atoms with van der Waals surface area (Å²) in [4.78, 5) is 37.7. The molecule has 0 saturated heterocycles. The van der Waals surface area contributed by atoms with Crippen molar-refractivity contribution >= 4 is 39.1 Å². The first kappa shape index (κ1) is 16.4. The molecular formula is C21H12BrNO3. The lowest BCUT2D eigenvalue weighted by Gasteiger charge is -2.18. The zero-order valence-corrected chi connectivity index (χ0v) is 15.0. The van der Waals surface area contributed by atoms with Crippen molar-refractivity contribution in [1.82, 2.24) is 0 Å². The van der Waals surface area contributed by atoms with Gasteiger partial charge in [0.1, 0.15) is 0 Å². The highest BCUT2D eigenvalue weighted by molar-refractivity contribution is 9.10. The van der Waals surface area contributed by atoms with Crippen LogP contribution < -0.4 is 5.32 Å². The van der Waals surface area contributed by atoms with Crippen molar-refractivity contribution in [2.24, 2.45) is 0 Å². The summed E-state index contributed by atoms with van der Waals surface area (Å²) in [5.41, 5.74) is 2.42. The van der Waals surface area contributed by atoms with Crippen LogP contribution in [0.5, 0.6) is 0 Å². The first-order chi connectivity index (χ1) is 12.5. The first-order valence-corrected chi connectivity index (χ1v) is 8.73. The standard InChI is InChI=1S/C21H12BrNO3/c22-13-5-3-4-12(10-13)21(26)23-14-8-9-17-18(11-14)20(25)16-7-2-1-6-15(16)19(17)24/h1-11H,(H,23,26). The van der Waals surface area contributed by atoms with Crippen molar-refractivity contribution < 1.29 is 14.4 Å². The minimum absolute atomic E-state index is 0.180. The predicted octanol–water partition coefficient (Wildman–Crippen LogP) is 4.48. The molecule has 4 rings (SSSR count). The molecule has 0 spiro atoms. The largest absolute Gasteiger partial charge is 0.322 e. The Balaban J connectivity index is 1.68. The molecule has 3 aromatic rings. The van der Waals surface area contributed by atoms with Crippen molar-refractivity contribution in [2.75, 3.05) is 5.32 Å². The van der Waals surface area contributed by atoms with Crippen LogP contribution in [0.25, 0.3) is 0 Å². The highest BCUT2D eigenvalue weighted by Crippen LogP contribution is 2.29. The SMILES string of the molecule is O=C(Nc1ccc2c(c1)C(=O)c1ccccc1C2=O)c1cccc(Br)c1. The van der Waals surface area contributed by atoms with Crippen molar-refractivity contribution in [3.8, 4) is 0 Å². The zero-order chi connectivity index (χ0) is 18.3. The number of halogens is 1. The van der Waals surface area contributed by atoms with E-state index in [2.05, 4.69) is 21.2 Å². The van der Waals surface area contributed by atoms with E-state index in [1.54, 1.807) is 60.7 Å². The van der Waals surface area contributed by atoms with Gasteiger partial charge in [0.15, 0.2) is 11.6 Å². The van der Waals surface area contributed by atoms with Gasteiger partial charge in [0.2, 0.25) is 0 Å². The third-order valence-corrected chi connectivity index (χ3v) is 4.76. The van der Waals surface area contributed by atoms with E-state index in [0.717, 1.165) is 4.47 Å². The zero-order valence-electron chi connectivity index (χ0n) is 13.5. The number of ketones is 2. The van der Waals surface area contributed by atoms with E-state index in [1.807, 2.05) is 6.07 Å². The number of hydrogen-bond donors (Lipinski definition) is 1. The molecule has 0 fully saturated rings. The topological polar surface area (TPSA) is 63.2 Å². The summed E-state index contributed by atoms with van der Waals surface area (Å²) in [6.45, 7) is 0. The molecule has 26 heavy (non-hydrogen) atoms. The molecule has 1 aliphatic rings. The minimum Gasteiger partial charge on any atom is -0.322 e. The molecule has 0 bridgehead atoms. The van der Waals surface area contributed by atoms with E-state index in [0.29, 0.717) is 33.5 Å². The van der Waals surface area contributed by atoms with Crippen LogP contribution >= 0.6 is 15.9 Å². The summed E-state index contributed by atoms with van der Waals surface area (Å²) in [5.74, 6) is -0.685. The number of carbonyl (C=O) groups excluding carboxylic acids is 3. The Bertz CT molecular complexity index is 1090. The summed E-state index contributed by atoms with van der Waals surface area (Å²) >= 11 is 3.33. The molecule has 3 aromatic carbocycles. The molecule has 0 atom stereocenters. The maximum absolute atomic E-state index is 12.7. The molecule has 0 aliphatic heterocycles. The molecule has 0 radical (unpaired) electrons. The molecule has 4 nitrogen and oxygen atoms in total. The van der Waals surface area contributed by atoms with E-state index in [4.69, 9.17) is 0 Å². The monoisotopic (exact) mass is 405 g/mol. The highest BCUT2D eigenvalue weighted by Gasteiger charge is 2.29. The first-order valence-electron chi connectivity index (χ1n) is 7.94. The van der Waals surface area contributed by atoms with Gasteiger partial charge in [-0.25, -0.2) is 0 Å². The number of anilines is 1. The molecule has 0 saturated carbocycles. The number of fused-ring (bicyclic) bond motifs is 2. The van der Waals surface area contributed by atoms with Gasteiger partial charge in [0.05, 0.1) is 0 Å². The summed E-state index contributed by atoms with van der Waals surface area (Å²) in [5, 5.41) is 2.77. The molecular weight excluding hydrogens is 394 g/mol. The second-order valence-electron chi connectivity index (χ2n) is 5.93. The summed E-state index contributed by atoms with van der Waals surface area (Å²) in [6.07, 6.45) is 0. The van der Waals surface area contributed by atoms with E-state index >= 15 is 0 Å². The number of hydrogen-bond acceptors (Lipinski definition) is 3. The van der Waals surface area contributed by atoms with E-state index in [1.165, 1.54) is 0 Å². The average Bonchev–Trinajstić information content (AvgIpc) is 2.66. The van der Waals surface area contributed by atoms with Gasteiger partial charge < -0.3 is 5.32 Å². The van der Waals surface area contributed by atoms with E-state index < -0.39 is 0 Å². The molecule has 0 aromatic heterocycles. The summed E-state index contributed by atoms with van der Waals surface area (Å²) < 4.78 is 0.799. The Morgan fingerprint density at radius 3 is 2.08 bits per heavy atom. The van der Waals surface area contributed by atoms with Crippen LogP contribution in [0.4, 0.5) is 5.69 Å². The van der Waals surface area contributed by atoms with E-state index in [9.17, 15) is 14.4 Å². The van der Waals surface area contributed by atoms with Gasteiger partial charge in [-0.15, -0.1) is 0 Å². The predicted molar refractivity (Wildman–Crippen MR) is 102 cm³/mol. The van der Waals surface area contributed by atoms with Crippen LogP contribution in [0, 0.1) is 0 Å². The minimum atomic E-state index is -0.291. The van der Waals surface area contributed by atoms with Crippen molar-refractivity contribution in [2.45, 2.75) is 0 Å². The highest BCUT2D eigenvalue weighted by atomic mass is 79.9. The lowest BCUT2D eigenvalue weighted by atomic mass is 9.84. The number of amides is 1. The molecule has 0 heterocycles. The number of rotatable bonds is 2. The van der Waals surface area contributed by atoms with Gasteiger partial charge in [-0.1, -0.05) is 46.3 Å². The molecule has 0 unspecified atom stereocenters. The lowest BCUT2D eigenvalue weighted by Crippen LogP contribution is -2.21. The fourth-order valence-corrected chi connectivity index (χ4v) is 3.41. The number of nitrogens with one attached hydrogen (secondary N) is 1. The molecule has 126 valence electrons. The van der Waals surface area contributed by atoms with Gasteiger partial charge in [0.25, 0.3) is 5.91 Å². The second-order valence-corrected chi connectivity index (χ2v) is 6.84. The summed E-state index contributed by atoms with van der Waals surface area (Å²) in [7, 11) is 0. The van der Waals surface area contributed by atoms with Crippen LogP contribution in [0.15, 0.2) is 71.2 Å². The van der Waals surface area contributed by atoms with Crippen molar-refractivity contribution in [3.63, 3.8) is 0 Å².